The van der Waals surface area contributed by atoms with E-state index in [2.05, 4.69) is 5.32 Å². The van der Waals surface area contributed by atoms with Gasteiger partial charge in [-0.2, -0.15) is 0 Å². The number of rotatable bonds is 10. The van der Waals surface area contributed by atoms with Crippen molar-refractivity contribution in [3.05, 3.63) is 65.7 Å². The van der Waals surface area contributed by atoms with Crippen LogP contribution in [0.4, 0.5) is 5.69 Å². The Hall–Kier alpha value is -4.66. The standard InChI is InChI=1S/C28H29NO8/c1-17(30)37-24-14-18(7-12-23(24)33-3)13-22(28(31)29-20-8-10-21(32-2)11-9-20)19-15-25(34-4)27(36-6)26(16-19)35-5/h7-16H,1-6H3,(H,29,31)/b22-13+. The minimum atomic E-state index is -0.499. The largest absolute Gasteiger partial charge is 0.497 e. The van der Waals surface area contributed by atoms with Crippen LogP contribution in [0.25, 0.3) is 11.6 Å². The number of nitrogens with one attached hydrogen (secondary N) is 1. The summed E-state index contributed by atoms with van der Waals surface area (Å²) in [4.78, 5) is 25.2. The Morgan fingerprint density at radius 2 is 1.32 bits per heavy atom. The van der Waals surface area contributed by atoms with Crippen LogP contribution in [0.1, 0.15) is 18.1 Å². The molecule has 0 fully saturated rings. The first-order valence-electron chi connectivity index (χ1n) is 11.2. The highest BCUT2D eigenvalue weighted by Gasteiger charge is 2.20. The first-order chi connectivity index (χ1) is 17.8. The van der Waals surface area contributed by atoms with E-state index in [1.807, 2.05) is 0 Å². The summed E-state index contributed by atoms with van der Waals surface area (Å²) < 4.78 is 32.2. The summed E-state index contributed by atoms with van der Waals surface area (Å²) in [7, 11) is 7.54. The molecule has 0 atom stereocenters. The fourth-order valence-electron chi connectivity index (χ4n) is 3.57. The van der Waals surface area contributed by atoms with Gasteiger partial charge in [0.15, 0.2) is 23.0 Å². The highest BCUT2D eigenvalue weighted by molar-refractivity contribution is 6.29. The van der Waals surface area contributed by atoms with Crippen LogP contribution < -0.4 is 33.7 Å². The van der Waals surface area contributed by atoms with Gasteiger partial charge in [-0.25, -0.2) is 0 Å². The molecule has 9 heteroatoms. The van der Waals surface area contributed by atoms with Crippen LogP contribution in [0.15, 0.2) is 54.6 Å². The second-order valence-corrected chi connectivity index (χ2v) is 7.66. The first kappa shape index (κ1) is 26.9. The molecular formula is C28H29NO8. The van der Waals surface area contributed by atoms with Crippen LogP contribution in [0.5, 0.6) is 34.5 Å². The molecule has 0 saturated carbocycles. The summed E-state index contributed by atoms with van der Waals surface area (Å²) in [6, 6.07) is 15.3. The van der Waals surface area contributed by atoms with Gasteiger partial charge in [-0.05, 0) is 65.7 Å². The van der Waals surface area contributed by atoms with Crippen LogP contribution in [-0.2, 0) is 9.59 Å². The maximum atomic E-state index is 13.6. The SMILES string of the molecule is COc1ccc(NC(=O)/C(=C/c2ccc(OC)c(OC(C)=O)c2)c2cc(OC)c(OC)c(OC)c2)cc1. The molecule has 0 aliphatic carbocycles. The lowest BCUT2D eigenvalue weighted by Gasteiger charge is -2.16. The Labute approximate surface area is 215 Å². The molecule has 0 aromatic heterocycles. The molecule has 0 aliphatic heterocycles. The summed E-state index contributed by atoms with van der Waals surface area (Å²) in [6.45, 7) is 1.30. The van der Waals surface area contributed by atoms with Crippen molar-refractivity contribution in [3.8, 4) is 34.5 Å². The summed E-state index contributed by atoms with van der Waals surface area (Å²) in [6.07, 6.45) is 1.66. The monoisotopic (exact) mass is 507 g/mol. The van der Waals surface area contributed by atoms with Crippen molar-refractivity contribution in [2.45, 2.75) is 6.92 Å². The fraction of sp³-hybridized carbons (Fsp3) is 0.214. The lowest BCUT2D eigenvalue weighted by atomic mass is 10.00. The predicted molar refractivity (Wildman–Crippen MR) is 140 cm³/mol. The second-order valence-electron chi connectivity index (χ2n) is 7.66. The molecule has 0 saturated heterocycles. The smallest absolute Gasteiger partial charge is 0.308 e. The molecule has 194 valence electrons. The third-order valence-electron chi connectivity index (χ3n) is 5.32. The molecule has 0 aliphatic rings. The van der Waals surface area contributed by atoms with Gasteiger partial charge >= 0.3 is 5.97 Å². The minimum absolute atomic E-state index is 0.226. The molecule has 0 radical (unpaired) electrons. The average Bonchev–Trinajstić information content (AvgIpc) is 2.91. The van der Waals surface area contributed by atoms with Gasteiger partial charge in [0.05, 0.1) is 35.5 Å². The molecule has 1 N–H and O–H groups in total. The van der Waals surface area contributed by atoms with Crippen molar-refractivity contribution >= 4 is 29.2 Å². The fourth-order valence-corrected chi connectivity index (χ4v) is 3.57. The minimum Gasteiger partial charge on any atom is -0.497 e. The Morgan fingerprint density at radius 3 is 1.84 bits per heavy atom. The molecule has 9 nitrogen and oxygen atoms in total. The van der Waals surface area contributed by atoms with Crippen LogP contribution in [-0.4, -0.2) is 47.4 Å². The predicted octanol–water partition coefficient (Wildman–Crippen LogP) is 4.83. The van der Waals surface area contributed by atoms with Crippen LogP contribution >= 0.6 is 0 Å². The van der Waals surface area contributed by atoms with Crippen molar-refractivity contribution in [1.82, 2.24) is 0 Å². The molecule has 3 aromatic rings. The zero-order chi connectivity index (χ0) is 26.9. The number of ether oxygens (including phenoxy) is 6. The zero-order valence-corrected chi connectivity index (χ0v) is 21.5. The molecule has 1 amide bonds. The summed E-state index contributed by atoms with van der Waals surface area (Å²) >= 11 is 0. The lowest BCUT2D eigenvalue weighted by Crippen LogP contribution is -2.14. The van der Waals surface area contributed by atoms with Crippen molar-refractivity contribution < 1.29 is 38.0 Å². The topological polar surface area (TPSA) is 102 Å². The van der Waals surface area contributed by atoms with E-state index in [0.717, 1.165) is 0 Å². The summed E-state index contributed by atoms with van der Waals surface area (Å²) in [5.41, 5.74) is 1.95. The van der Waals surface area contributed by atoms with Gasteiger partial charge in [0.2, 0.25) is 5.75 Å². The maximum absolute atomic E-state index is 13.6. The Bertz CT molecular complexity index is 1270. The zero-order valence-electron chi connectivity index (χ0n) is 21.5. The number of carbonyl (C=O) groups excluding carboxylic acids is 2. The van der Waals surface area contributed by atoms with E-state index < -0.39 is 11.9 Å². The number of anilines is 1. The number of esters is 1. The van der Waals surface area contributed by atoms with Crippen molar-refractivity contribution in [2.75, 3.05) is 40.9 Å². The molecular weight excluding hydrogens is 478 g/mol. The Kier molecular flexibility index (Phi) is 8.99. The van der Waals surface area contributed by atoms with E-state index in [1.54, 1.807) is 67.8 Å². The molecule has 0 bridgehead atoms. The van der Waals surface area contributed by atoms with E-state index >= 15 is 0 Å². The lowest BCUT2D eigenvalue weighted by molar-refractivity contribution is -0.132. The third-order valence-corrected chi connectivity index (χ3v) is 5.32. The maximum Gasteiger partial charge on any atom is 0.308 e. The van der Waals surface area contributed by atoms with E-state index in [1.165, 1.54) is 35.4 Å². The highest BCUT2D eigenvalue weighted by Crippen LogP contribution is 2.41. The third kappa shape index (κ3) is 6.52. The molecule has 0 unspecified atom stereocenters. The number of benzene rings is 3. The van der Waals surface area contributed by atoms with Gasteiger partial charge in [0.1, 0.15) is 5.75 Å². The van der Waals surface area contributed by atoms with Gasteiger partial charge < -0.3 is 33.7 Å². The Morgan fingerprint density at radius 1 is 0.703 bits per heavy atom. The molecule has 0 spiro atoms. The first-order valence-corrected chi connectivity index (χ1v) is 11.2. The molecule has 0 heterocycles. The number of carbonyl (C=O) groups is 2. The van der Waals surface area contributed by atoms with Gasteiger partial charge in [-0.15, -0.1) is 0 Å². The van der Waals surface area contributed by atoms with Crippen molar-refractivity contribution in [2.24, 2.45) is 0 Å². The van der Waals surface area contributed by atoms with Crippen molar-refractivity contribution in [3.63, 3.8) is 0 Å². The average molecular weight is 508 g/mol. The van der Waals surface area contributed by atoms with E-state index in [9.17, 15) is 9.59 Å². The van der Waals surface area contributed by atoms with E-state index in [4.69, 9.17) is 28.4 Å². The number of methoxy groups -OCH3 is 5. The van der Waals surface area contributed by atoms with Crippen LogP contribution in [0.3, 0.4) is 0 Å². The van der Waals surface area contributed by atoms with Crippen LogP contribution in [0, 0.1) is 0 Å². The normalized spacial score (nSPS) is 10.8. The van der Waals surface area contributed by atoms with Gasteiger partial charge in [-0.3, -0.25) is 9.59 Å². The Balaban J connectivity index is 2.15. The van der Waals surface area contributed by atoms with Gasteiger partial charge in [0, 0.05) is 18.2 Å². The van der Waals surface area contributed by atoms with E-state index in [-0.39, 0.29) is 11.3 Å². The molecule has 3 rings (SSSR count). The van der Waals surface area contributed by atoms with E-state index in [0.29, 0.717) is 45.6 Å². The molecule has 3 aromatic carbocycles. The number of amides is 1. The number of hydrogen-bond donors (Lipinski definition) is 1. The summed E-state index contributed by atoms with van der Waals surface area (Å²) in [5, 5.41) is 2.90. The summed E-state index contributed by atoms with van der Waals surface area (Å²) in [5.74, 6) is 1.53. The van der Waals surface area contributed by atoms with Gasteiger partial charge in [-0.1, -0.05) is 6.07 Å². The second kappa shape index (κ2) is 12.3. The molecule has 37 heavy (non-hydrogen) atoms. The van der Waals surface area contributed by atoms with Crippen molar-refractivity contribution in [1.29, 1.82) is 0 Å². The van der Waals surface area contributed by atoms with Crippen LogP contribution in [0.2, 0.25) is 0 Å². The van der Waals surface area contributed by atoms with Gasteiger partial charge in [0.25, 0.3) is 5.91 Å². The number of hydrogen-bond acceptors (Lipinski definition) is 8. The highest BCUT2D eigenvalue weighted by atomic mass is 16.6. The quantitative estimate of drug-likeness (QED) is 0.180.